The van der Waals surface area contributed by atoms with Crippen molar-refractivity contribution in [3.8, 4) is 5.69 Å². The summed E-state index contributed by atoms with van der Waals surface area (Å²) in [5, 5.41) is 3.50. The minimum atomic E-state index is -0.322. The van der Waals surface area contributed by atoms with Crippen molar-refractivity contribution in [2.45, 2.75) is 46.5 Å². The topological polar surface area (TPSA) is 35.1 Å². The summed E-state index contributed by atoms with van der Waals surface area (Å²) >= 11 is 3.65. The lowest BCUT2D eigenvalue weighted by Gasteiger charge is -2.21. The van der Waals surface area contributed by atoms with Crippen LogP contribution in [-0.2, 0) is 0 Å². The van der Waals surface area contributed by atoms with Crippen molar-refractivity contribution in [2.24, 2.45) is 0 Å². The number of halogens is 1. The molecule has 0 bridgehead atoms. The molecule has 3 nitrogen and oxygen atoms in total. The number of hydrogen-bond donors (Lipinski definition) is 0. The molecule has 144 valence electrons. The predicted molar refractivity (Wildman–Crippen MR) is 120 cm³/mol. The van der Waals surface area contributed by atoms with Gasteiger partial charge in [-0.05, 0) is 48.6 Å². The van der Waals surface area contributed by atoms with Crippen molar-refractivity contribution < 1.29 is 4.42 Å². The molecule has 0 N–H and O–H groups in total. The van der Waals surface area contributed by atoms with Crippen LogP contribution in [0.15, 0.2) is 56.1 Å². The molecule has 0 fully saturated rings. The predicted octanol–water partition coefficient (Wildman–Crippen LogP) is 7.05. The Kier molecular flexibility index (Phi) is 4.70. The van der Waals surface area contributed by atoms with Crippen LogP contribution in [0.1, 0.15) is 56.5 Å². The van der Waals surface area contributed by atoms with Crippen LogP contribution in [0.25, 0.3) is 27.4 Å². The first-order valence-electron chi connectivity index (χ1n) is 9.67. The van der Waals surface area contributed by atoms with Gasteiger partial charge in [-0.15, -0.1) is 0 Å². The molecular formula is C24H24BrNO2. The molecule has 0 saturated heterocycles. The van der Waals surface area contributed by atoms with Crippen LogP contribution in [0.4, 0.5) is 0 Å². The normalized spacial score (nSPS) is 12.0. The van der Waals surface area contributed by atoms with Gasteiger partial charge in [-0.25, -0.2) is 4.79 Å². The van der Waals surface area contributed by atoms with Gasteiger partial charge in [-0.3, -0.25) is 0 Å². The molecule has 4 rings (SSSR count). The Balaban J connectivity index is 2.26. The molecule has 0 aliphatic carbocycles. The van der Waals surface area contributed by atoms with Crippen molar-refractivity contribution in [3.63, 3.8) is 0 Å². The lowest BCUT2D eigenvalue weighted by atomic mass is 10.0. The fourth-order valence-electron chi connectivity index (χ4n) is 4.24. The Hall–Kier alpha value is -2.33. The molecular weight excluding hydrogens is 414 g/mol. The second-order valence-electron chi connectivity index (χ2n) is 8.00. The Morgan fingerprint density at radius 2 is 1.50 bits per heavy atom. The molecule has 2 aromatic carbocycles. The zero-order valence-electron chi connectivity index (χ0n) is 16.8. The Morgan fingerprint density at radius 1 is 0.857 bits per heavy atom. The molecule has 28 heavy (non-hydrogen) atoms. The van der Waals surface area contributed by atoms with Gasteiger partial charge in [0.1, 0.15) is 5.58 Å². The van der Waals surface area contributed by atoms with Gasteiger partial charge in [0.15, 0.2) is 0 Å². The van der Waals surface area contributed by atoms with Crippen molar-refractivity contribution in [1.29, 1.82) is 0 Å². The third kappa shape index (κ3) is 2.91. The van der Waals surface area contributed by atoms with Gasteiger partial charge in [-0.1, -0.05) is 55.8 Å². The molecule has 0 unspecified atom stereocenters. The molecule has 4 aromatic rings. The third-order valence-corrected chi connectivity index (χ3v) is 5.80. The van der Waals surface area contributed by atoms with Crippen LogP contribution in [0.5, 0.6) is 0 Å². The molecule has 0 saturated carbocycles. The highest BCUT2D eigenvalue weighted by Gasteiger charge is 2.24. The zero-order valence-corrected chi connectivity index (χ0v) is 18.4. The van der Waals surface area contributed by atoms with E-state index in [2.05, 4.69) is 73.3 Å². The maximum Gasteiger partial charge on any atom is 0.336 e. The van der Waals surface area contributed by atoms with Crippen LogP contribution >= 0.6 is 15.9 Å². The highest BCUT2D eigenvalue weighted by molar-refractivity contribution is 9.10. The van der Waals surface area contributed by atoms with Crippen molar-refractivity contribution in [2.75, 3.05) is 0 Å². The van der Waals surface area contributed by atoms with E-state index in [1.165, 1.54) is 28.2 Å². The first kappa shape index (κ1) is 19.0. The molecule has 0 spiro atoms. The standard InChI is InChI=1S/C24H24BrNO2/c1-13(2)22-17-8-7-16(25)12-19(17)23(14(3)4)26(22)24-15(5)6-10-20-18(24)9-11-21(27)28-20/h6-14H,1-5H3. The summed E-state index contributed by atoms with van der Waals surface area (Å²) < 4.78 is 8.98. The number of nitrogens with zero attached hydrogens (tertiary/aromatic N) is 1. The van der Waals surface area contributed by atoms with E-state index in [-0.39, 0.29) is 5.63 Å². The van der Waals surface area contributed by atoms with Crippen molar-refractivity contribution >= 4 is 37.7 Å². The average molecular weight is 438 g/mol. The van der Waals surface area contributed by atoms with Crippen LogP contribution in [0.2, 0.25) is 0 Å². The maximum atomic E-state index is 11.8. The van der Waals surface area contributed by atoms with Crippen molar-refractivity contribution in [3.05, 3.63) is 74.3 Å². The lowest BCUT2D eigenvalue weighted by molar-refractivity contribution is 0.560. The number of rotatable bonds is 3. The van der Waals surface area contributed by atoms with Crippen LogP contribution < -0.4 is 5.63 Å². The fraction of sp³-hybridized carbons (Fsp3) is 0.292. The van der Waals surface area contributed by atoms with Crippen LogP contribution in [-0.4, -0.2) is 4.57 Å². The largest absolute Gasteiger partial charge is 0.423 e. The molecule has 2 aromatic heterocycles. The van der Waals surface area contributed by atoms with Gasteiger partial charge in [0.2, 0.25) is 0 Å². The minimum absolute atomic E-state index is 0.322. The van der Waals surface area contributed by atoms with E-state index in [9.17, 15) is 4.79 Å². The van der Waals surface area contributed by atoms with Gasteiger partial charge in [0.25, 0.3) is 0 Å². The van der Waals surface area contributed by atoms with E-state index < -0.39 is 0 Å². The van der Waals surface area contributed by atoms with E-state index in [1.54, 1.807) is 0 Å². The first-order valence-corrected chi connectivity index (χ1v) is 10.5. The summed E-state index contributed by atoms with van der Waals surface area (Å²) in [6.45, 7) is 11.1. The van der Waals surface area contributed by atoms with E-state index >= 15 is 0 Å². The summed E-state index contributed by atoms with van der Waals surface area (Å²) in [5.74, 6) is 0.663. The summed E-state index contributed by atoms with van der Waals surface area (Å²) in [6, 6.07) is 13.9. The van der Waals surface area contributed by atoms with E-state index in [0.29, 0.717) is 17.4 Å². The third-order valence-electron chi connectivity index (χ3n) is 5.31. The van der Waals surface area contributed by atoms with E-state index in [4.69, 9.17) is 4.42 Å². The average Bonchev–Trinajstić information content (AvgIpc) is 2.95. The quantitative estimate of drug-likeness (QED) is 0.321. The molecule has 0 atom stereocenters. The number of hydrogen-bond acceptors (Lipinski definition) is 2. The Bertz CT molecular complexity index is 1260. The molecule has 0 radical (unpaired) electrons. The van der Waals surface area contributed by atoms with Gasteiger partial charge in [0.05, 0.1) is 5.69 Å². The number of aromatic nitrogens is 1. The molecule has 0 aliphatic rings. The fourth-order valence-corrected chi connectivity index (χ4v) is 4.60. The monoisotopic (exact) mass is 437 g/mol. The smallest absolute Gasteiger partial charge is 0.336 e. The van der Waals surface area contributed by atoms with Gasteiger partial charge in [-0.2, -0.15) is 0 Å². The summed E-state index contributed by atoms with van der Waals surface area (Å²) in [7, 11) is 0. The molecule has 0 amide bonds. The summed E-state index contributed by atoms with van der Waals surface area (Å²) in [5.41, 5.74) is 5.12. The van der Waals surface area contributed by atoms with Crippen molar-refractivity contribution in [1.82, 2.24) is 4.57 Å². The highest BCUT2D eigenvalue weighted by Crippen LogP contribution is 2.41. The van der Waals surface area contributed by atoms with Crippen LogP contribution in [0, 0.1) is 6.92 Å². The van der Waals surface area contributed by atoms with Gasteiger partial charge < -0.3 is 8.98 Å². The Labute approximate surface area is 173 Å². The molecule has 0 aliphatic heterocycles. The summed E-state index contributed by atoms with van der Waals surface area (Å²) in [4.78, 5) is 11.8. The second-order valence-corrected chi connectivity index (χ2v) is 8.92. The summed E-state index contributed by atoms with van der Waals surface area (Å²) in [6.07, 6.45) is 0. The van der Waals surface area contributed by atoms with Crippen LogP contribution in [0.3, 0.4) is 0 Å². The molecule has 2 heterocycles. The van der Waals surface area contributed by atoms with E-state index in [0.717, 1.165) is 21.1 Å². The maximum absolute atomic E-state index is 11.8. The lowest BCUT2D eigenvalue weighted by Crippen LogP contribution is -2.10. The second kappa shape index (κ2) is 6.93. The minimum Gasteiger partial charge on any atom is -0.423 e. The van der Waals surface area contributed by atoms with Gasteiger partial charge in [0, 0.05) is 38.1 Å². The number of fused-ring (bicyclic) bond motifs is 2. The zero-order chi connectivity index (χ0) is 20.2. The highest BCUT2D eigenvalue weighted by atomic mass is 79.9. The SMILES string of the molecule is Cc1ccc2oc(=O)ccc2c1-n1c(C(C)C)c2ccc(Br)cc2c1C(C)C. The number of benzene rings is 2. The van der Waals surface area contributed by atoms with E-state index in [1.807, 2.05) is 18.2 Å². The first-order chi connectivity index (χ1) is 13.3. The Morgan fingerprint density at radius 3 is 2.18 bits per heavy atom. The number of aryl methyl sites for hydroxylation is 1. The van der Waals surface area contributed by atoms with Gasteiger partial charge >= 0.3 is 5.63 Å². The molecule has 4 heteroatoms.